The number of hydrogen-bond donors (Lipinski definition) is 1. The van der Waals surface area contributed by atoms with Crippen LogP contribution in [0.5, 0.6) is 5.75 Å². The minimum atomic E-state index is -0.215. The number of ketones is 1. The van der Waals surface area contributed by atoms with Gasteiger partial charge in [0, 0.05) is 11.6 Å². The number of thioether (sulfide) groups is 1. The van der Waals surface area contributed by atoms with Crippen molar-refractivity contribution in [2.75, 3.05) is 12.4 Å². The second-order valence-corrected chi connectivity index (χ2v) is 7.75. The number of hydrogen-bond acceptors (Lipinski definition) is 7. The van der Waals surface area contributed by atoms with E-state index in [9.17, 15) is 4.79 Å². The van der Waals surface area contributed by atoms with E-state index in [1.165, 1.54) is 23.1 Å². The lowest BCUT2D eigenvalue weighted by Crippen LogP contribution is -2.13. The summed E-state index contributed by atoms with van der Waals surface area (Å²) >= 11 is 2.92. The molecule has 2 rings (SSSR count). The number of benzene rings is 1. The largest absolute Gasteiger partial charge is 0.497 e. The standard InChI is InChI=1S/C16H21N3O2S2/c1-5-10(2)17-15-18-19-16(23-15)22-11(3)14(20)12-6-8-13(21-4)9-7-12/h6-11H,5H2,1-4H3,(H,17,18). The Morgan fingerprint density at radius 3 is 2.61 bits per heavy atom. The van der Waals surface area contributed by atoms with Crippen molar-refractivity contribution in [1.29, 1.82) is 0 Å². The molecule has 0 fully saturated rings. The average Bonchev–Trinajstić information content (AvgIpc) is 3.00. The molecule has 0 bridgehead atoms. The molecule has 1 aromatic carbocycles. The van der Waals surface area contributed by atoms with Crippen molar-refractivity contribution in [1.82, 2.24) is 10.2 Å². The normalized spacial score (nSPS) is 13.4. The Kier molecular flexibility index (Phi) is 6.41. The van der Waals surface area contributed by atoms with E-state index in [0.29, 0.717) is 11.6 Å². The van der Waals surface area contributed by atoms with Crippen LogP contribution in [0.2, 0.25) is 0 Å². The van der Waals surface area contributed by atoms with Crippen LogP contribution >= 0.6 is 23.1 Å². The summed E-state index contributed by atoms with van der Waals surface area (Å²) in [7, 11) is 1.61. The number of methoxy groups -OCH3 is 1. The summed E-state index contributed by atoms with van der Waals surface area (Å²) in [4.78, 5) is 12.5. The highest BCUT2D eigenvalue weighted by atomic mass is 32.2. The summed E-state index contributed by atoms with van der Waals surface area (Å²) in [6.45, 7) is 6.11. The first-order chi connectivity index (χ1) is 11.0. The fourth-order valence-corrected chi connectivity index (χ4v) is 3.91. The van der Waals surface area contributed by atoms with Crippen LogP contribution in [-0.2, 0) is 0 Å². The maximum atomic E-state index is 12.5. The van der Waals surface area contributed by atoms with Crippen LogP contribution in [0, 0.1) is 0 Å². The molecule has 124 valence electrons. The molecule has 2 atom stereocenters. The van der Waals surface area contributed by atoms with Crippen molar-refractivity contribution in [3.8, 4) is 5.75 Å². The average molecular weight is 351 g/mol. The Labute approximate surface area is 144 Å². The van der Waals surface area contributed by atoms with Gasteiger partial charge in [0.2, 0.25) is 5.13 Å². The second-order valence-electron chi connectivity index (χ2n) is 5.18. The first-order valence-electron chi connectivity index (χ1n) is 7.48. The molecule has 0 saturated heterocycles. The Bertz CT molecular complexity index is 643. The number of carbonyl (C=O) groups excluding carboxylic acids is 1. The quantitative estimate of drug-likeness (QED) is 0.570. The van der Waals surface area contributed by atoms with Gasteiger partial charge in [0.25, 0.3) is 0 Å². The Morgan fingerprint density at radius 1 is 1.30 bits per heavy atom. The molecule has 23 heavy (non-hydrogen) atoms. The lowest BCUT2D eigenvalue weighted by atomic mass is 10.1. The van der Waals surface area contributed by atoms with Gasteiger partial charge in [-0.05, 0) is 44.5 Å². The van der Waals surface area contributed by atoms with Gasteiger partial charge >= 0.3 is 0 Å². The minimum Gasteiger partial charge on any atom is -0.497 e. The summed E-state index contributed by atoms with van der Waals surface area (Å²) in [6.07, 6.45) is 1.02. The molecule has 0 aliphatic rings. The van der Waals surface area contributed by atoms with Crippen LogP contribution in [0.3, 0.4) is 0 Å². The van der Waals surface area contributed by atoms with E-state index in [0.717, 1.165) is 21.6 Å². The number of rotatable bonds is 8. The van der Waals surface area contributed by atoms with Crippen LogP contribution < -0.4 is 10.1 Å². The topological polar surface area (TPSA) is 64.1 Å². The third-order valence-electron chi connectivity index (χ3n) is 3.41. The molecular weight excluding hydrogens is 330 g/mol. The molecule has 1 aromatic heterocycles. The zero-order valence-electron chi connectivity index (χ0n) is 13.7. The number of carbonyl (C=O) groups is 1. The lowest BCUT2D eigenvalue weighted by Gasteiger charge is -2.09. The van der Waals surface area contributed by atoms with Crippen LogP contribution in [0.4, 0.5) is 5.13 Å². The van der Waals surface area contributed by atoms with Gasteiger partial charge in [0.1, 0.15) is 5.75 Å². The molecular formula is C16H21N3O2S2. The van der Waals surface area contributed by atoms with E-state index in [1.807, 2.05) is 6.92 Å². The number of Topliss-reactive ketones (excluding diaryl/α,β-unsaturated/α-hetero) is 1. The summed E-state index contributed by atoms with van der Waals surface area (Å²) in [5.41, 5.74) is 0.674. The highest BCUT2D eigenvalue weighted by Crippen LogP contribution is 2.31. The Morgan fingerprint density at radius 2 is 2.00 bits per heavy atom. The minimum absolute atomic E-state index is 0.0734. The second kappa shape index (κ2) is 8.31. The van der Waals surface area contributed by atoms with Crippen LogP contribution in [0.25, 0.3) is 0 Å². The van der Waals surface area contributed by atoms with Crippen LogP contribution in [0.15, 0.2) is 28.6 Å². The summed E-state index contributed by atoms with van der Waals surface area (Å²) in [5, 5.41) is 12.1. The molecule has 2 aromatic rings. The highest BCUT2D eigenvalue weighted by Gasteiger charge is 2.19. The van der Waals surface area contributed by atoms with Crippen molar-refractivity contribution in [2.45, 2.75) is 42.8 Å². The van der Waals surface area contributed by atoms with E-state index >= 15 is 0 Å². The Balaban J connectivity index is 1.97. The fourth-order valence-electron chi connectivity index (χ4n) is 1.82. The number of ether oxygens (including phenoxy) is 1. The maximum Gasteiger partial charge on any atom is 0.206 e. The van der Waals surface area contributed by atoms with E-state index in [-0.39, 0.29) is 11.0 Å². The first-order valence-corrected chi connectivity index (χ1v) is 9.18. The zero-order chi connectivity index (χ0) is 16.8. The summed E-state index contributed by atoms with van der Waals surface area (Å²) in [5.74, 6) is 0.816. The number of aromatic nitrogens is 2. The van der Waals surface area contributed by atoms with Gasteiger partial charge in [-0.15, -0.1) is 10.2 Å². The van der Waals surface area contributed by atoms with Crippen molar-refractivity contribution in [2.24, 2.45) is 0 Å². The zero-order valence-corrected chi connectivity index (χ0v) is 15.3. The van der Waals surface area contributed by atoms with Crippen molar-refractivity contribution in [3.05, 3.63) is 29.8 Å². The summed E-state index contributed by atoms with van der Waals surface area (Å²) < 4.78 is 5.91. The van der Waals surface area contributed by atoms with Gasteiger partial charge in [-0.25, -0.2) is 0 Å². The van der Waals surface area contributed by atoms with E-state index in [1.54, 1.807) is 31.4 Å². The SMILES string of the molecule is CCC(C)Nc1nnc(SC(C)C(=O)c2ccc(OC)cc2)s1. The van der Waals surface area contributed by atoms with Crippen molar-refractivity contribution in [3.63, 3.8) is 0 Å². The van der Waals surface area contributed by atoms with Crippen molar-refractivity contribution >= 4 is 34.0 Å². The molecule has 1 heterocycles. The lowest BCUT2D eigenvalue weighted by molar-refractivity contribution is 0.0994. The van der Waals surface area contributed by atoms with E-state index in [2.05, 4.69) is 29.4 Å². The van der Waals surface area contributed by atoms with Gasteiger partial charge in [0.05, 0.1) is 12.4 Å². The number of anilines is 1. The van der Waals surface area contributed by atoms with Gasteiger partial charge in [-0.2, -0.15) is 0 Å². The van der Waals surface area contributed by atoms with Crippen LogP contribution in [-0.4, -0.2) is 34.4 Å². The molecule has 0 saturated carbocycles. The molecule has 0 spiro atoms. The van der Waals surface area contributed by atoms with Gasteiger partial charge in [-0.1, -0.05) is 30.0 Å². The highest BCUT2D eigenvalue weighted by molar-refractivity contribution is 8.02. The predicted molar refractivity (Wildman–Crippen MR) is 95.9 cm³/mol. The van der Waals surface area contributed by atoms with Gasteiger partial charge in [0.15, 0.2) is 10.1 Å². The number of nitrogens with zero attached hydrogens (tertiary/aromatic N) is 2. The van der Waals surface area contributed by atoms with Crippen molar-refractivity contribution < 1.29 is 9.53 Å². The molecule has 2 unspecified atom stereocenters. The smallest absolute Gasteiger partial charge is 0.206 e. The molecule has 7 heteroatoms. The van der Waals surface area contributed by atoms with E-state index in [4.69, 9.17) is 4.74 Å². The molecule has 0 radical (unpaired) electrons. The molecule has 5 nitrogen and oxygen atoms in total. The molecule has 0 amide bonds. The molecule has 1 N–H and O–H groups in total. The maximum absolute atomic E-state index is 12.5. The van der Waals surface area contributed by atoms with Gasteiger partial charge in [-0.3, -0.25) is 4.79 Å². The first kappa shape index (κ1) is 17.7. The summed E-state index contributed by atoms with van der Waals surface area (Å²) in [6, 6.07) is 7.52. The van der Waals surface area contributed by atoms with Gasteiger partial charge < -0.3 is 10.1 Å². The monoisotopic (exact) mass is 351 g/mol. The van der Waals surface area contributed by atoms with E-state index < -0.39 is 0 Å². The molecule has 0 aliphatic heterocycles. The molecule has 0 aliphatic carbocycles. The van der Waals surface area contributed by atoms with Crippen LogP contribution in [0.1, 0.15) is 37.6 Å². The third-order valence-corrected chi connectivity index (χ3v) is 5.45. The fraction of sp³-hybridized carbons (Fsp3) is 0.438. The number of nitrogens with one attached hydrogen (secondary N) is 1. The third kappa shape index (κ3) is 4.94. The predicted octanol–water partition coefficient (Wildman–Crippen LogP) is 4.12. The Hall–Kier alpha value is -1.60.